The molecule has 0 unspecified atom stereocenters. The number of piperidine rings is 1. The van der Waals surface area contributed by atoms with Crippen molar-refractivity contribution < 1.29 is 18.8 Å². The molecule has 1 aliphatic heterocycles. The van der Waals surface area contributed by atoms with Crippen LogP contribution in [0.5, 0.6) is 0 Å². The molecule has 2 amide bonds. The van der Waals surface area contributed by atoms with E-state index in [1.807, 2.05) is 35.2 Å². The van der Waals surface area contributed by atoms with Crippen LogP contribution in [0.15, 0.2) is 30.3 Å². The molecule has 32 heavy (non-hydrogen) atoms. The summed E-state index contributed by atoms with van der Waals surface area (Å²) in [6.45, 7) is 15.7. The zero-order valence-corrected chi connectivity index (χ0v) is 21.9. The standard InChI is InChI=1S/C25H42N2O4Si/c1-7-16-26(18-19-31-32(5,6)25(2,3)4)23(28)22-15-11-12-17-27(22)24(29)30-20-21-13-9-8-10-14-21/h8-10,13-14,22H,7,11-12,15-20H2,1-6H3/t22-/m1/s1. The van der Waals surface area contributed by atoms with Gasteiger partial charge in [0.2, 0.25) is 5.91 Å². The average molecular weight is 463 g/mol. The molecule has 1 atom stereocenters. The molecule has 1 saturated heterocycles. The second-order valence-corrected chi connectivity index (χ2v) is 15.0. The molecule has 1 aliphatic rings. The molecule has 2 rings (SSSR count). The van der Waals surface area contributed by atoms with Crippen LogP contribution in [0.25, 0.3) is 0 Å². The summed E-state index contributed by atoms with van der Waals surface area (Å²) in [5.74, 6) is 0.0158. The highest BCUT2D eigenvalue weighted by Gasteiger charge is 2.38. The molecule has 1 aromatic carbocycles. The van der Waals surface area contributed by atoms with Crippen LogP contribution in [-0.4, -0.2) is 62.4 Å². The third kappa shape index (κ3) is 7.34. The van der Waals surface area contributed by atoms with Gasteiger partial charge in [-0.15, -0.1) is 0 Å². The van der Waals surface area contributed by atoms with E-state index in [-0.39, 0.29) is 17.6 Å². The molecule has 1 fully saturated rings. The summed E-state index contributed by atoms with van der Waals surface area (Å²) in [6, 6.07) is 9.18. The van der Waals surface area contributed by atoms with Gasteiger partial charge < -0.3 is 14.1 Å². The number of amides is 2. The number of hydrogen-bond acceptors (Lipinski definition) is 4. The number of likely N-dealkylation sites (tertiary alicyclic amines) is 1. The van der Waals surface area contributed by atoms with Crippen molar-refractivity contribution in [3.05, 3.63) is 35.9 Å². The van der Waals surface area contributed by atoms with Crippen LogP contribution < -0.4 is 0 Å². The Bertz CT molecular complexity index is 733. The summed E-state index contributed by atoms with van der Waals surface area (Å²) < 4.78 is 11.9. The Morgan fingerprint density at radius 1 is 1.12 bits per heavy atom. The summed E-state index contributed by atoms with van der Waals surface area (Å²) >= 11 is 0. The molecule has 0 saturated carbocycles. The van der Waals surface area contributed by atoms with Gasteiger partial charge in [0.1, 0.15) is 12.6 Å². The van der Waals surface area contributed by atoms with E-state index in [2.05, 4.69) is 40.8 Å². The molecule has 0 bridgehead atoms. The predicted molar refractivity (Wildman–Crippen MR) is 131 cm³/mol. The maximum absolute atomic E-state index is 13.5. The minimum Gasteiger partial charge on any atom is -0.445 e. The van der Waals surface area contributed by atoms with E-state index in [4.69, 9.17) is 9.16 Å². The van der Waals surface area contributed by atoms with Crippen molar-refractivity contribution in [1.29, 1.82) is 0 Å². The van der Waals surface area contributed by atoms with E-state index < -0.39 is 20.5 Å². The number of ether oxygens (including phenoxy) is 1. The lowest BCUT2D eigenvalue weighted by Crippen LogP contribution is -2.54. The Balaban J connectivity index is 2.00. The summed E-state index contributed by atoms with van der Waals surface area (Å²) in [5, 5.41) is 0.134. The molecule has 180 valence electrons. The van der Waals surface area contributed by atoms with Crippen molar-refractivity contribution in [2.75, 3.05) is 26.2 Å². The molecule has 1 heterocycles. The molecule has 0 spiro atoms. The number of carbonyl (C=O) groups is 2. The second kappa shape index (κ2) is 11.8. The predicted octanol–water partition coefficient (Wildman–Crippen LogP) is 5.44. The largest absolute Gasteiger partial charge is 0.445 e. The molecule has 6 nitrogen and oxygen atoms in total. The summed E-state index contributed by atoms with van der Waals surface area (Å²) in [4.78, 5) is 29.8. The Hall–Kier alpha value is -1.86. The Kier molecular flexibility index (Phi) is 9.77. The van der Waals surface area contributed by atoms with Gasteiger partial charge in [-0.1, -0.05) is 58.0 Å². The average Bonchev–Trinajstić information content (AvgIpc) is 2.76. The number of nitrogens with zero attached hydrogens (tertiary/aromatic N) is 2. The number of benzene rings is 1. The highest BCUT2D eigenvalue weighted by Crippen LogP contribution is 2.36. The van der Waals surface area contributed by atoms with E-state index in [0.717, 1.165) is 24.8 Å². The van der Waals surface area contributed by atoms with Gasteiger partial charge in [0.05, 0.1) is 6.61 Å². The highest BCUT2D eigenvalue weighted by molar-refractivity contribution is 6.74. The van der Waals surface area contributed by atoms with Crippen LogP contribution in [0.4, 0.5) is 4.79 Å². The fourth-order valence-electron chi connectivity index (χ4n) is 3.65. The first-order valence-corrected chi connectivity index (χ1v) is 14.9. The Morgan fingerprint density at radius 3 is 2.44 bits per heavy atom. The van der Waals surface area contributed by atoms with Gasteiger partial charge >= 0.3 is 6.09 Å². The monoisotopic (exact) mass is 462 g/mol. The summed E-state index contributed by atoms with van der Waals surface area (Å²) in [6.07, 6.45) is 2.99. The molecular formula is C25H42N2O4Si. The minimum absolute atomic E-state index is 0.0158. The van der Waals surface area contributed by atoms with Crippen molar-refractivity contribution in [2.24, 2.45) is 0 Å². The van der Waals surface area contributed by atoms with Crippen molar-refractivity contribution in [3.63, 3.8) is 0 Å². The molecule has 0 N–H and O–H groups in total. The molecule has 7 heteroatoms. The third-order valence-corrected chi connectivity index (χ3v) is 11.2. The van der Waals surface area contributed by atoms with E-state index >= 15 is 0 Å². The van der Waals surface area contributed by atoms with E-state index in [9.17, 15) is 9.59 Å². The van der Waals surface area contributed by atoms with Crippen LogP contribution in [0.1, 0.15) is 58.9 Å². The smallest absolute Gasteiger partial charge is 0.410 e. The van der Waals surface area contributed by atoms with Gasteiger partial charge in [0.25, 0.3) is 0 Å². The van der Waals surface area contributed by atoms with Crippen LogP contribution in [0.3, 0.4) is 0 Å². The fourth-order valence-corrected chi connectivity index (χ4v) is 4.68. The molecule has 1 aromatic rings. The van der Waals surface area contributed by atoms with Crippen molar-refractivity contribution >= 4 is 20.3 Å². The SMILES string of the molecule is CCCN(CCO[Si](C)(C)C(C)(C)C)C(=O)[C@H]1CCCCN1C(=O)OCc1ccccc1. The quantitative estimate of drug-likeness (QED) is 0.459. The topological polar surface area (TPSA) is 59.1 Å². The van der Waals surface area contributed by atoms with Crippen LogP contribution in [0.2, 0.25) is 18.1 Å². The molecule has 0 radical (unpaired) electrons. The lowest BCUT2D eigenvalue weighted by molar-refractivity contribution is -0.138. The zero-order chi connectivity index (χ0) is 23.8. The van der Waals surface area contributed by atoms with Crippen LogP contribution in [-0.2, 0) is 20.6 Å². The van der Waals surface area contributed by atoms with Crippen molar-refractivity contribution in [3.8, 4) is 0 Å². The minimum atomic E-state index is -1.87. The van der Waals surface area contributed by atoms with Gasteiger partial charge in [-0.3, -0.25) is 9.69 Å². The normalized spacial score (nSPS) is 17.2. The molecule has 0 aromatic heterocycles. The van der Waals surface area contributed by atoms with Crippen LogP contribution >= 0.6 is 0 Å². The van der Waals surface area contributed by atoms with Gasteiger partial charge in [-0.2, -0.15) is 0 Å². The molecule has 0 aliphatic carbocycles. The lowest BCUT2D eigenvalue weighted by Gasteiger charge is -2.39. The number of carbonyl (C=O) groups excluding carboxylic acids is 2. The Labute approximate surface area is 195 Å². The third-order valence-electron chi connectivity index (χ3n) is 6.66. The number of rotatable bonds is 9. The maximum Gasteiger partial charge on any atom is 0.410 e. The second-order valence-electron chi connectivity index (χ2n) is 10.2. The molecular weight excluding hydrogens is 420 g/mol. The summed E-state index contributed by atoms with van der Waals surface area (Å²) in [5.41, 5.74) is 0.941. The van der Waals surface area contributed by atoms with Gasteiger partial charge in [0, 0.05) is 19.6 Å². The van der Waals surface area contributed by atoms with Crippen molar-refractivity contribution in [1.82, 2.24) is 9.80 Å². The fraction of sp³-hybridized carbons (Fsp3) is 0.680. The first kappa shape index (κ1) is 26.4. The zero-order valence-electron chi connectivity index (χ0n) is 20.9. The Morgan fingerprint density at radius 2 is 1.81 bits per heavy atom. The number of hydrogen-bond donors (Lipinski definition) is 0. The first-order chi connectivity index (χ1) is 15.1. The van der Waals surface area contributed by atoms with Gasteiger partial charge in [-0.25, -0.2) is 4.79 Å². The maximum atomic E-state index is 13.5. The van der Waals surface area contributed by atoms with Gasteiger partial charge in [0.15, 0.2) is 8.32 Å². The van der Waals surface area contributed by atoms with E-state index in [0.29, 0.717) is 32.7 Å². The highest BCUT2D eigenvalue weighted by atomic mass is 28.4. The van der Waals surface area contributed by atoms with Crippen molar-refractivity contribution in [2.45, 2.75) is 84.2 Å². The van der Waals surface area contributed by atoms with Gasteiger partial charge in [-0.05, 0) is 49.4 Å². The van der Waals surface area contributed by atoms with E-state index in [1.54, 1.807) is 4.90 Å². The summed E-state index contributed by atoms with van der Waals surface area (Å²) in [7, 11) is -1.87. The van der Waals surface area contributed by atoms with Crippen LogP contribution in [0, 0.1) is 0 Å². The van der Waals surface area contributed by atoms with E-state index in [1.165, 1.54) is 0 Å². The first-order valence-electron chi connectivity index (χ1n) is 12.0. The lowest BCUT2D eigenvalue weighted by atomic mass is 10.0.